The zero-order valence-electron chi connectivity index (χ0n) is 14.1. The third-order valence-corrected chi connectivity index (χ3v) is 4.20. The number of carbonyl (C=O) groups excluding carboxylic acids is 2. The molecule has 1 aromatic carbocycles. The Balaban J connectivity index is 1.82. The summed E-state index contributed by atoms with van der Waals surface area (Å²) in [6.45, 7) is 3.96. The molecule has 0 bridgehead atoms. The van der Waals surface area contributed by atoms with Crippen LogP contribution in [0.25, 0.3) is 11.3 Å². The topological polar surface area (TPSA) is 112 Å². The van der Waals surface area contributed by atoms with Crippen LogP contribution in [0.1, 0.15) is 25.3 Å². The fourth-order valence-electron chi connectivity index (χ4n) is 2.14. The zero-order chi connectivity index (χ0) is 18.4. The Morgan fingerprint density at radius 1 is 1.24 bits per heavy atom. The van der Waals surface area contributed by atoms with Gasteiger partial charge in [0, 0.05) is 36.0 Å². The Bertz CT molecular complexity index is 758. The lowest BCUT2D eigenvalue weighted by molar-refractivity contribution is -0.139. The predicted molar refractivity (Wildman–Crippen MR) is 95.5 cm³/mol. The number of nitrogens with one attached hydrogen (secondary N) is 2. The van der Waals surface area contributed by atoms with E-state index in [2.05, 4.69) is 15.6 Å². The fraction of sp³-hybridized carbons (Fsp3) is 0.353. The summed E-state index contributed by atoms with van der Waals surface area (Å²) in [7, 11) is 0. The van der Waals surface area contributed by atoms with Gasteiger partial charge in [0.05, 0.1) is 10.7 Å². The molecule has 0 aliphatic carbocycles. The standard InChI is InChI=1S/C17H21N3O4S/c1-10(2)19-17(24)16(23)18-7-3-4-15-20-13(9-25-15)12-6-5-11(21)8-14(12)22/h5-6,8-10,21-22H,3-4,7H2,1-2H3,(H,18,23)(H,19,24). The van der Waals surface area contributed by atoms with Crippen LogP contribution in [0.5, 0.6) is 11.5 Å². The first-order valence-electron chi connectivity index (χ1n) is 7.92. The molecule has 7 nitrogen and oxygen atoms in total. The molecule has 0 unspecified atom stereocenters. The summed E-state index contributed by atoms with van der Waals surface area (Å²) in [6, 6.07) is 4.29. The summed E-state index contributed by atoms with van der Waals surface area (Å²) in [5.74, 6) is -1.30. The Kier molecular flexibility index (Phi) is 6.35. The molecule has 4 N–H and O–H groups in total. The van der Waals surface area contributed by atoms with E-state index in [1.165, 1.54) is 23.5 Å². The van der Waals surface area contributed by atoms with Crippen LogP contribution in [0, 0.1) is 0 Å². The summed E-state index contributed by atoms with van der Waals surface area (Å²) < 4.78 is 0. The molecule has 1 heterocycles. The number of nitrogens with zero attached hydrogens (tertiary/aromatic N) is 1. The number of phenols is 2. The second kappa shape index (κ2) is 8.48. The van der Waals surface area contributed by atoms with Crippen molar-refractivity contribution in [1.82, 2.24) is 15.6 Å². The molecule has 1 aromatic heterocycles. The molecule has 0 atom stereocenters. The van der Waals surface area contributed by atoms with Gasteiger partial charge < -0.3 is 20.8 Å². The summed E-state index contributed by atoms with van der Waals surface area (Å²) in [5.41, 5.74) is 1.19. The monoisotopic (exact) mass is 363 g/mol. The van der Waals surface area contributed by atoms with Crippen LogP contribution in [0.3, 0.4) is 0 Å². The smallest absolute Gasteiger partial charge is 0.309 e. The van der Waals surface area contributed by atoms with E-state index in [4.69, 9.17) is 0 Å². The summed E-state index contributed by atoms with van der Waals surface area (Å²) in [4.78, 5) is 27.5. The quantitative estimate of drug-likeness (QED) is 0.462. The number of amides is 2. The minimum atomic E-state index is -0.637. The molecule has 0 aliphatic heterocycles. The van der Waals surface area contributed by atoms with E-state index in [-0.39, 0.29) is 17.5 Å². The van der Waals surface area contributed by atoms with E-state index in [1.807, 2.05) is 5.38 Å². The van der Waals surface area contributed by atoms with Gasteiger partial charge in [-0.3, -0.25) is 9.59 Å². The minimum absolute atomic E-state index is 0.00560. The first-order chi connectivity index (χ1) is 11.9. The number of benzene rings is 1. The largest absolute Gasteiger partial charge is 0.508 e. The molecule has 2 amide bonds. The van der Waals surface area contributed by atoms with Gasteiger partial charge in [-0.25, -0.2) is 4.98 Å². The van der Waals surface area contributed by atoms with Gasteiger partial charge in [0.2, 0.25) is 0 Å². The Morgan fingerprint density at radius 3 is 2.68 bits per heavy atom. The SMILES string of the molecule is CC(C)NC(=O)C(=O)NCCCc1nc(-c2ccc(O)cc2O)cs1. The molecule has 0 aliphatic rings. The number of carbonyl (C=O) groups is 2. The van der Waals surface area contributed by atoms with Crippen molar-refractivity contribution in [3.05, 3.63) is 28.6 Å². The number of hydrogen-bond donors (Lipinski definition) is 4. The maximum Gasteiger partial charge on any atom is 0.309 e. The average Bonchev–Trinajstić information content (AvgIpc) is 2.99. The highest BCUT2D eigenvalue weighted by atomic mass is 32.1. The van der Waals surface area contributed by atoms with Gasteiger partial charge in [-0.05, 0) is 32.4 Å². The summed E-state index contributed by atoms with van der Waals surface area (Å²) >= 11 is 1.45. The fourth-order valence-corrected chi connectivity index (χ4v) is 2.98. The van der Waals surface area contributed by atoms with Crippen molar-refractivity contribution >= 4 is 23.2 Å². The molecule has 25 heavy (non-hydrogen) atoms. The molecule has 0 saturated heterocycles. The van der Waals surface area contributed by atoms with Crippen molar-refractivity contribution in [2.45, 2.75) is 32.7 Å². The molecule has 0 fully saturated rings. The van der Waals surface area contributed by atoms with E-state index >= 15 is 0 Å². The van der Waals surface area contributed by atoms with Crippen LogP contribution in [0.15, 0.2) is 23.6 Å². The Labute approximate surface area is 149 Å². The molecule has 2 rings (SSSR count). The molecular formula is C17H21N3O4S. The van der Waals surface area contributed by atoms with Crippen molar-refractivity contribution < 1.29 is 19.8 Å². The van der Waals surface area contributed by atoms with E-state index in [0.717, 1.165) is 5.01 Å². The van der Waals surface area contributed by atoms with Crippen molar-refractivity contribution in [3.8, 4) is 22.8 Å². The van der Waals surface area contributed by atoms with Crippen LogP contribution >= 0.6 is 11.3 Å². The first-order valence-corrected chi connectivity index (χ1v) is 8.80. The van der Waals surface area contributed by atoms with E-state index in [0.29, 0.717) is 30.6 Å². The van der Waals surface area contributed by atoms with Gasteiger partial charge >= 0.3 is 11.8 Å². The lowest BCUT2D eigenvalue weighted by Crippen LogP contribution is -2.43. The zero-order valence-corrected chi connectivity index (χ0v) is 14.9. The molecule has 134 valence electrons. The normalized spacial score (nSPS) is 10.7. The number of thiazole rings is 1. The van der Waals surface area contributed by atoms with Crippen molar-refractivity contribution in [2.75, 3.05) is 6.54 Å². The summed E-state index contributed by atoms with van der Waals surface area (Å²) in [5, 5.41) is 27.0. The molecule has 0 saturated carbocycles. The minimum Gasteiger partial charge on any atom is -0.508 e. The van der Waals surface area contributed by atoms with E-state index < -0.39 is 11.8 Å². The number of hydrogen-bond acceptors (Lipinski definition) is 6. The lowest BCUT2D eigenvalue weighted by Gasteiger charge is -2.08. The van der Waals surface area contributed by atoms with Crippen molar-refractivity contribution in [1.29, 1.82) is 0 Å². The molecule has 0 spiro atoms. The average molecular weight is 363 g/mol. The number of rotatable bonds is 6. The van der Waals surface area contributed by atoms with Crippen molar-refractivity contribution in [3.63, 3.8) is 0 Å². The van der Waals surface area contributed by atoms with Crippen LogP contribution in [-0.4, -0.2) is 39.6 Å². The van der Waals surface area contributed by atoms with Gasteiger partial charge in [-0.2, -0.15) is 0 Å². The van der Waals surface area contributed by atoms with E-state index in [1.54, 1.807) is 19.9 Å². The molecule has 8 heteroatoms. The number of aromatic nitrogens is 1. The maximum absolute atomic E-state index is 11.6. The van der Waals surface area contributed by atoms with Crippen LogP contribution < -0.4 is 10.6 Å². The Morgan fingerprint density at radius 2 is 2.00 bits per heavy atom. The number of phenolic OH excluding ortho intramolecular Hbond substituents is 2. The van der Waals surface area contributed by atoms with Gasteiger partial charge in [0.15, 0.2) is 0 Å². The van der Waals surface area contributed by atoms with E-state index in [9.17, 15) is 19.8 Å². The van der Waals surface area contributed by atoms with Crippen LogP contribution in [0.4, 0.5) is 0 Å². The van der Waals surface area contributed by atoms with Crippen molar-refractivity contribution in [2.24, 2.45) is 0 Å². The highest BCUT2D eigenvalue weighted by molar-refractivity contribution is 7.09. The number of aryl methyl sites for hydroxylation is 1. The highest BCUT2D eigenvalue weighted by Crippen LogP contribution is 2.32. The highest BCUT2D eigenvalue weighted by Gasteiger charge is 2.13. The molecule has 2 aromatic rings. The van der Waals surface area contributed by atoms with Gasteiger partial charge in [-0.15, -0.1) is 11.3 Å². The van der Waals surface area contributed by atoms with Gasteiger partial charge in [-0.1, -0.05) is 0 Å². The summed E-state index contributed by atoms with van der Waals surface area (Å²) in [6.07, 6.45) is 1.30. The van der Waals surface area contributed by atoms with Gasteiger partial charge in [0.1, 0.15) is 11.5 Å². The van der Waals surface area contributed by atoms with Gasteiger partial charge in [0.25, 0.3) is 0 Å². The van der Waals surface area contributed by atoms with Crippen LogP contribution in [0.2, 0.25) is 0 Å². The number of aromatic hydroxyl groups is 2. The Hall–Kier alpha value is -2.61. The predicted octanol–water partition coefficient (Wildman–Crippen LogP) is 1.79. The van der Waals surface area contributed by atoms with Crippen LogP contribution in [-0.2, 0) is 16.0 Å². The second-order valence-corrected chi connectivity index (χ2v) is 6.76. The second-order valence-electron chi connectivity index (χ2n) is 5.82. The third kappa shape index (κ3) is 5.46. The molecule has 0 radical (unpaired) electrons. The first kappa shape index (κ1) is 18.7. The third-order valence-electron chi connectivity index (χ3n) is 3.29. The maximum atomic E-state index is 11.6. The molecular weight excluding hydrogens is 342 g/mol. The lowest BCUT2D eigenvalue weighted by atomic mass is 10.1.